The molecule has 0 aliphatic heterocycles. The first-order valence-corrected chi connectivity index (χ1v) is 6.76. The number of rotatable bonds is 4. The first-order chi connectivity index (χ1) is 10.3. The number of methoxy groups -OCH3 is 1. The van der Waals surface area contributed by atoms with Crippen molar-refractivity contribution in [3.05, 3.63) is 66.5 Å². The summed E-state index contributed by atoms with van der Waals surface area (Å²) in [6, 6.07) is 15.8. The third-order valence-corrected chi connectivity index (χ3v) is 3.40. The Morgan fingerprint density at radius 3 is 2.43 bits per heavy atom. The lowest BCUT2D eigenvalue weighted by Crippen LogP contribution is -2.01. The van der Waals surface area contributed by atoms with Crippen molar-refractivity contribution in [2.45, 2.75) is 6.54 Å². The molecule has 21 heavy (non-hydrogen) atoms. The average molecular weight is 279 g/mol. The minimum absolute atomic E-state index is 0.766. The Morgan fingerprint density at radius 2 is 1.76 bits per heavy atom. The zero-order valence-electron chi connectivity index (χ0n) is 11.9. The summed E-state index contributed by atoms with van der Waals surface area (Å²) in [6.07, 6.45) is 3.80. The molecule has 1 aromatic heterocycles. The van der Waals surface area contributed by atoms with E-state index in [1.807, 2.05) is 60.9 Å². The molecule has 3 aromatic rings. The summed E-state index contributed by atoms with van der Waals surface area (Å²) in [5, 5.41) is 0. The van der Waals surface area contributed by atoms with Crippen LogP contribution >= 0.6 is 0 Å². The zero-order valence-corrected chi connectivity index (χ0v) is 11.9. The van der Waals surface area contributed by atoms with Gasteiger partial charge in [-0.25, -0.2) is 4.98 Å². The lowest BCUT2D eigenvalue weighted by Gasteiger charge is -2.09. The van der Waals surface area contributed by atoms with Gasteiger partial charge < -0.3 is 15.0 Å². The fourth-order valence-electron chi connectivity index (χ4n) is 2.26. The zero-order chi connectivity index (χ0) is 14.7. The van der Waals surface area contributed by atoms with Crippen LogP contribution in [0.5, 0.6) is 5.75 Å². The number of benzene rings is 2. The maximum absolute atomic E-state index is 5.72. The molecule has 1 heterocycles. The van der Waals surface area contributed by atoms with Gasteiger partial charge in [0.05, 0.1) is 7.11 Å². The van der Waals surface area contributed by atoms with Crippen molar-refractivity contribution in [2.24, 2.45) is 0 Å². The highest BCUT2D eigenvalue weighted by Crippen LogP contribution is 2.21. The second-order valence-electron chi connectivity index (χ2n) is 4.85. The predicted molar refractivity (Wildman–Crippen MR) is 84.2 cm³/mol. The van der Waals surface area contributed by atoms with Crippen LogP contribution in [0.4, 0.5) is 5.69 Å². The number of hydrogen-bond donors (Lipinski definition) is 1. The van der Waals surface area contributed by atoms with Crippen LogP contribution in [-0.4, -0.2) is 16.7 Å². The van der Waals surface area contributed by atoms with Crippen LogP contribution in [0, 0.1) is 0 Å². The van der Waals surface area contributed by atoms with Gasteiger partial charge >= 0.3 is 0 Å². The molecule has 0 aliphatic carbocycles. The van der Waals surface area contributed by atoms with Crippen molar-refractivity contribution in [3.63, 3.8) is 0 Å². The molecule has 2 aromatic carbocycles. The van der Waals surface area contributed by atoms with Crippen molar-refractivity contribution in [1.29, 1.82) is 0 Å². The molecule has 0 amide bonds. The Balaban J connectivity index is 1.87. The molecule has 0 spiro atoms. The van der Waals surface area contributed by atoms with Crippen LogP contribution in [0.3, 0.4) is 0 Å². The lowest BCUT2D eigenvalue weighted by atomic mass is 10.2. The molecule has 0 aliphatic rings. The van der Waals surface area contributed by atoms with Crippen LogP contribution in [0.2, 0.25) is 0 Å². The van der Waals surface area contributed by atoms with E-state index < -0.39 is 0 Å². The highest BCUT2D eigenvalue weighted by molar-refractivity contribution is 5.57. The molecule has 0 saturated carbocycles. The van der Waals surface area contributed by atoms with Crippen molar-refractivity contribution in [3.8, 4) is 17.1 Å². The SMILES string of the molecule is COc1ccc(-c2nccn2Cc2ccc(N)cc2)cc1. The molecule has 0 bridgehead atoms. The Morgan fingerprint density at radius 1 is 1.05 bits per heavy atom. The van der Waals surface area contributed by atoms with E-state index in [2.05, 4.69) is 9.55 Å². The fraction of sp³-hybridized carbons (Fsp3) is 0.118. The van der Waals surface area contributed by atoms with Crippen molar-refractivity contribution in [2.75, 3.05) is 12.8 Å². The Bertz CT molecular complexity index is 715. The number of nitrogens with zero attached hydrogens (tertiary/aromatic N) is 2. The topological polar surface area (TPSA) is 53.1 Å². The van der Waals surface area contributed by atoms with Crippen molar-refractivity contribution < 1.29 is 4.74 Å². The molecule has 106 valence electrons. The number of nitrogens with two attached hydrogens (primary N) is 1. The van der Waals surface area contributed by atoms with Crippen LogP contribution < -0.4 is 10.5 Å². The largest absolute Gasteiger partial charge is 0.497 e. The normalized spacial score (nSPS) is 10.5. The van der Waals surface area contributed by atoms with Crippen LogP contribution in [0.15, 0.2) is 60.9 Å². The van der Waals surface area contributed by atoms with Crippen molar-refractivity contribution in [1.82, 2.24) is 9.55 Å². The molecule has 3 rings (SSSR count). The van der Waals surface area contributed by atoms with Gasteiger partial charge in [0.25, 0.3) is 0 Å². The van der Waals surface area contributed by atoms with Gasteiger partial charge in [-0.15, -0.1) is 0 Å². The van der Waals surface area contributed by atoms with Gasteiger partial charge in [0.2, 0.25) is 0 Å². The Kier molecular flexibility index (Phi) is 3.60. The molecule has 0 fully saturated rings. The smallest absolute Gasteiger partial charge is 0.140 e. The molecule has 0 atom stereocenters. The number of imidazole rings is 1. The maximum Gasteiger partial charge on any atom is 0.140 e. The number of anilines is 1. The van der Waals surface area contributed by atoms with Gasteiger partial charge in [-0.3, -0.25) is 0 Å². The highest BCUT2D eigenvalue weighted by atomic mass is 16.5. The number of hydrogen-bond acceptors (Lipinski definition) is 3. The third kappa shape index (κ3) is 2.89. The van der Waals surface area contributed by atoms with Gasteiger partial charge in [-0.1, -0.05) is 12.1 Å². The molecule has 0 unspecified atom stereocenters. The van der Waals surface area contributed by atoms with Gasteiger partial charge in [0.1, 0.15) is 11.6 Å². The van der Waals surface area contributed by atoms with E-state index in [0.717, 1.165) is 29.4 Å². The maximum atomic E-state index is 5.72. The third-order valence-electron chi connectivity index (χ3n) is 3.40. The predicted octanol–water partition coefficient (Wildman–Crippen LogP) is 3.19. The standard InChI is InChI=1S/C17H17N3O/c1-21-16-8-4-14(5-9-16)17-19-10-11-20(17)12-13-2-6-15(18)7-3-13/h2-11H,12,18H2,1H3. The number of ether oxygens (including phenoxy) is 1. The molecule has 0 saturated heterocycles. The monoisotopic (exact) mass is 279 g/mol. The first-order valence-electron chi connectivity index (χ1n) is 6.76. The molecule has 4 heteroatoms. The summed E-state index contributed by atoms with van der Waals surface area (Å²) in [5.41, 5.74) is 8.75. The van der Waals surface area contributed by atoms with E-state index in [0.29, 0.717) is 0 Å². The lowest BCUT2D eigenvalue weighted by molar-refractivity contribution is 0.415. The first kappa shape index (κ1) is 13.2. The van der Waals surface area contributed by atoms with Crippen LogP contribution in [-0.2, 0) is 6.54 Å². The fourth-order valence-corrected chi connectivity index (χ4v) is 2.26. The highest BCUT2D eigenvalue weighted by Gasteiger charge is 2.06. The average Bonchev–Trinajstić information content (AvgIpc) is 2.98. The molecular formula is C17H17N3O. The molecular weight excluding hydrogens is 262 g/mol. The second kappa shape index (κ2) is 5.71. The number of aromatic nitrogens is 2. The minimum atomic E-state index is 0.766. The van der Waals surface area contributed by atoms with E-state index in [1.165, 1.54) is 5.56 Å². The van der Waals surface area contributed by atoms with E-state index in [1.54, 1.807) is 7.11 Å². The second-order valence-corrected chi connectivity index (χ2v) is 4.85. The molecule has 4 nitrogen and oxygen atoms in total. The Labute approximate surface area is 123 Å². The minimum Gasteiger partial charge on any atom is -0.497 e. The summed E-state index contributed by atoms with van der Waals surface area (Å²) in [6.45, 7) is 0.766. The van der Waals surface area contributed by atoms with Crippen LogP contribution in [0.1, 0.15) is 5.56 Å². The van der Waals surface area contributed by atoms with Gasteiger partial charge in [0.15, 0.2) is 0 Å². The van der Waals surface area contributed by atoms with E-state index in [9.17, 15) is 0 Å². The van der Waals surface area contributed by atoms with E-state index >= 15 is 0 Å². The summed E-state index contributed by atoms with van der Waals surface area (Å²) < 4.78 is 7.30. The van der Waals surface area contributed by atoms with E-state index in [-0.39, 0.29) is 0 Å². The van der Waals surface area contributed by atoms with E-state index in [4.69, 9.17) is 10.5 Å². The van der Waals surface area contributed by atoms with Gasteiger partial charge in [0, 0.05) is 30.2 Å². The quantitative estimate of drug-likeness (QED) is 0.746. The summed E-state index contributed by atoms with van der Waals surface area (Å²) >= 11 is 0. The summed E-state index contributed by atoms with van der Waals surface area (Å²) in [7, 11) is 1.66. The summed E-state index contributed by atoms with van der Waals surface area (Å²) in [5.74, 6) is 1.78. The summed E-state index contributed by atoms with van der Waals surface area (Å²) in [4.78, 5) is 4.45. The Hall–Kier alpha value is -2.75. The van der Waals surface area contributed by atoms with Gasteiger partial charge in [-0.2, -0.15) is 0 Å². The van der Waals surface area contributed by atoms with Gasteiger partial charge in [-0.05, 0) is 42.0 Å². The van der Waals surface area contributed by atoms with Crippen molar-refractivity contribution >= 4 is 5.69 Å². The number of nitrogen functional groups attached to an aromatic ring is 1. The molecule has 2 N–H and O–H groups in total. The van der Waals surface area contributed by atoms with Crippen LogP contribution in [0.25, 0.3) is 11.4 Å². The molecule has 0 radical (unpaired) electrons.